The number of aryl methyl sites for hydroxylation is 1. The molecule has 0 atom stereocenters. The van der Waals surface area contributed by atoms with Gasteiger partial charge in [-0.2, -0.15) is 15.1 Å². The van der Waals surface area contributed by atoms with Gasteiger partial charge in [0.05, 0.1) is 23.8 Å². The molecule has 7 heteroatoms. The smallest absolute Gasteiger partial charge is 0.226 e. The van der Waals surface area contributed by atoms with E-state index in [1.54, 1.807) is 6.20 Å². The lowest BCUT2D eigenvalue weighted by Gasteiger charge is -2.18. The summed E-state index contributed by atoms with van der Waals surface area (Å²) in [6.07, 6.45) is 1.70. The lowest BCUT2D eigenvalue weighted by Crippen LogP contribution is -2.19. The number of fused-ring (bicyclic) bond motifs is 1. The van der Waals surface area contributed by atoms with Gasteiger partial charge >= 0.3 is 0 Å². The molecule has 3 rings (SSSR count). The van der Waals surface area contributed by atoms with Crippen molar-refractivity contribution in [3.05, 3.63) is 41.1 Å². The minimum atomic E-state index is 0.195. The van der Waals surface area contributed by atoms with Crippen LogP contribution >= 0.6 is 11.6 Å². The Morgan fingerprint density at radius 2 is 2.10 bits per heavy atom. The second-order valence-corrected chi connectivity index (χ2v) is 4.91. The van der Waals surface area contributed by atoms with Crippen LogP contribution in [0.3, 0.4) is 0 Å². The highest BCUT2D eigenvalue weighted by Crippen LogP contribution is 2.23. The third kappa shape index (κ3) is 2.42. The standard InChI is InChI=1S/C13H13ClN6/c1-8-4-3-5-9(16-8)7-20(2)12-10-6-15-19-11(10)17-13(14)18-12/h3-6H,7H2,1-2H3,(H,15,17,18,19). The summed E-state index contributed by atoms with van der Waals surface area (Å²) in [6.45, 7) is 2.61. The van der Waals surface area contributed by atoms with Crippen molar-refractivity contribution in [3.63, 3.8) is 0 Å². The van der Waals surface area contributed by atoms with Crippen molar-refractivity contribution in [1.82, 2.24) is 25.1 Å². The van der Waals surface area contributed by atoms with Crippen LogP contribution in [0, 0.1) is 6.92 Å². The Labute approximate surface area is 120 Å². The second kappa shape index (κ2) is 5.05. The lowest BCUT2D eigenvalue weighted by atomic mass is 10.3. The van der Waals surface area contributed by atoms with E-state index in [1.807, 2.05) is 37.1 Å². The van der Waals surface area contributed by atoms with E-state index in [1.165, 1.54) is 0 Å². The topological polar surface area (TPSA) is 70.6 Å². The molecule has 3 heterocycles. The zero-order valence-electron chi connectivity index (χ0n) is 11.1. The average Bonchev–Trinajstić information content (AvgIpc) is 2.85. The summed E-state index contributed by atoms with van der Waals surface area (Å²) in [4.78, 5) is 14.8. The van der Waals surface area contributed by atoms with Crippen molar-refractivity contribution < 1.29 is 0 Å². The molecule has 0 amide bonds. The predicted molar refractivity (Wildman–Crippen MR) is 77.8 cm³/mol. The number of hydrogen-bond donors (Lipinski definition) is 1. The molecule has 3 aromatic rings. The van der Waals surface area contributed by atoms with E-state index < -0.39 is 0 Å². The molecule has 0 spiro atoms. The highest BCUT2D eigenvalue weighted by Gasteiger charge is 2.13. The molecule has 0 unspecified atom stereocenters. The van der Waals surface area contributed by atoms with Gasteiger partial charge in [-0.3, -0.25) is 10.1 Å². The van der Waals surface area contributed by atoms with Crippen LogP contribution in [0.15, 0.2) is 24.4 Å². The van der Waals surface area contributed by atoms with Gasteiger partial charge in [-0.15, -0.1) is 0 Å². The number of aromatic nitrogens is 5. The van der Waals surface area contributed by atoms with Gasteiger partial charge in [-0.1, -0.05) is 6.07 Å². The maximum atomic E-state index is 5.94. The summed E-state index contributed by atoms with van der Waals surface area (Å²) in [6, 6.07) is 5.95. The van der Waals surface area contributed by atoms with Crippen molar-refractivity contribution in [2.75, 3.05) is 11.9 Å². The second-order valence-electron chi connectivity index (χ2n) is 4.57. The summed E-state index contributed by atoms with van der Waals surface area (Å²) in [5, 5.41) is 7.81. The Hall–Kier alpha value is -2.21. The Kier molecular flexibility index (Phi) is 3.23. The largest absolute Gasteiger partial charge is 0.353 e. The first-order valence-corrected chi connectivity index (χ1v) is 6.51. The molecule has 6 nitrogen and oxygen atoms in total. The van der Waals surface area contributed by atoms with Crippen LogP contribution in [0.5, 0.6) is 0 Å². The Bertz CT molecular complexity index is 753. The van der Waals surface area contributed by atoms with Crippen LogP contribution in [0.25, 0.3) is 11.0 Å². The third-order valence-corrected chi connectivity index (χ3v) is 3.14. The fraction of sp³-hybridized carbons (Fsp3) is 0.231. The van der Waals surface area contributed by atoms with E-state index in [4.69, 9.17) is 11.6 Å². The molecular weight excluding hydrogens is 276 g/mol. The first-order valence-electron chi connectivity index (χ1n) is 6.14. The SMILES string of the molecule is Cc1cccc(CN(C)c2nc(Cl)nc3[nH]ncc23)n1. The van der Waals surface area contributed by atoms with Crippen LogP contribution in [-0.4, -0.2) is 32.2 Å². The summed E-state index contributed by atoms with van der Waals surface area (Å²) in [5.41, 5.74) is 2.59. The molecular formula is C13H13ClN6. The first kappa shape index (κ1) is 12.8. The Morgan fingerprint density at radius 1 is 1.25 bits per heavy atom. The van der Waals surface area contributed by atoms with E-state index in [2.05, 4.69) is 25.1 Å². The lowest BCUT2D eigenvalue weighted by molar-refractivity contribution is 0.861. The van der Waals surface area contributed by atoms with Crippen LogP contribution in [0.2, 0.25) is 5.28 Å². The normalized spacial score (nSPS) is 10.9. The van der Waals surface area contributed by atoms with E-state index in [0.29, 0.717) is 12.2 Å². The fourth-order valence-corrected chi connectivity index (χ4v) is 2.25. The van der Waals surface area contributed by atoms with E-state index in [9.17, 15) is 0 Å². The summed E-state index contributed by atoms with van der Waals surface area (Å²) in [5.74, 6) is 0.733. The Balaban J connectivity index is 1.96. The van der Waals surface area contributed by atoms with Crippen molar-refractivity contribution in [1.29, 1.82) is 0 Å². The van der Waals surface area contributed by atoms with E-state index in [0.717, 1.165) is 22.6 Å². The maximum Gasteiger partial charge on any atom is 0.226 e. The molecule has 0 radical (unpaired) electrons. The summed E-state index contributed by atoms with van der Waals surface area (Å²) < 4.78 is 0. The molecule has 0 bridgehead atoms. The highest BCUT2D eigenvalue weighted by molar-refractivity contribution is 6.28. The molecule has 0 saturated heterocycles. The number of anilines is 1. The van der Waals surface area contributed by atoms with Crippen molar-refractivity contribution in [2.24, 2.45) is 0 Å². The first-order chi connectivity index (χ1) is 9.63. The van der Waals surface area contributed by atoms with Gasteiger partial charge < -0.3 is 4.90 Å². The number of rotatable bonds is 3. The molecule has 0 aliphatic rings. The molecule has 0 fully saturated rings. The number of hydrogen-bond acceptors (Lipinski definition) is 5. The fourth-order valence-electron chi connectivity index (χ4n) is 2.09. The predicted octanol–water partition coefficient (Wildman–Crippen LogP) is 2.35. The molecule has 0 aromatic carbocycles. The molecule has 102 valence electrons. The van der Waals surface area contributed by atoms with Crippen LogP contribution < -0.4 is 4.90 Å². The number of aromatic amines is 1. The van der Waals surface area contributed by atoms with Crippen molar-refractivity contribution >= 4 is 28.5 Å². The number of pyridine rings is 1. The monoisotopic (exact) mass is 288 g/mol. The van der Waals surface area contributed by atoms with Gasteiger partial charge in [0.1, 0.15) is 5.82 Å². The number of nitrogens with zero attached hydrogens (tertiary/aromatic N) is 5. The number of halogens is 1. The maximum absolute atomic E-state index is 5.94. The van der Waals surface area contributed by atoms with Crippen LogP contribution in [0.4, 0.5) is 5.82 Å². The minimum Gasteiger partial charge on any atom is -0.353 e. The molecule has 0 saturated carbocycles. The zero-order valence-corrected chi connectivity index (χ0v) is 11.9. The van der Waals surface area contributed by atoms with Crippen LogP contribution in [-0.2, 0) is 6.54 Å². The molecule has 20 heavy (non-hydrogen) atoms. The van der Waals surface area contributed by atoms with Gasteiger partial charge in [-0.25, -0.2) is 0 Å². The summed E-state index contributed by atoms with van der Waals surface area (Å²) >= 11 is 5.94. The number of H-pyrrole nitrogens is 1. The van der Waals surface area contributed by atoms with Gasteiger partial charge in [0.2, 0.25) is 5.28 Å². The van der Waals surface area contributed by atoms with Crippen LogP contribution in [0.1, 0.15) is 11.4 Å². The van der Waals surface area contributed by atoms with E-state index in [-0.39, 0.29) is 5.28 Å². The van der Waals surface area contributed by atoms with Crippen molar-refractivity contribution in [2.45, 2.75) is 13.5 Å². The molecule has 0 aliphatic carbocycles. The molecule has 3 aromatic heterocycles. The summed E-state index contributed by atoms with van der Waals surface area (Å²) in [7, 11) is 1.94. The highest BCUT2D eigenvalue weighted by atomic mass is 35.5. The average molecular weight is 289 g/mol. The third-order valence-electron chi connectivity index (χ3n) is 2.97. The van der Waals surface area contributed by atoms with Gasteiger partial charge in [0, 0.05) is 12.7 Å². The Morgan fingerprint density at radius 3 is 2.90 bits per heavy atom. The van der Waals surface area contributed by atoms with E-state index >= 15 is 0 Å². The van der Waals surface area contributed by atoms with Gasteiger partial charge in [0.15, 0.2) is 5.65 Å². The molecule has 1 N–H and O–H groups in total. The quantitative estimate of drug-likeness (QED) is 0.749. The minimum absolute atomic E-state index is 0.195. The van der Waals surface area contributed by atoms with Crippen molar-refractivity contribution in [3.8, 4) is 0 Å². The number of nitrogens with one attached hydrogen (secondary N) is 1. The van der Waals surface area contributed by atoms with Gasteiger partial charge in [-0.05, 0) is 30.7 Å². The molecule has 0 aliphatic heterocycles. The van der Waals surface area contributed by atoms with Gasteiger partial charge in [0.25, 0.3) is 0 Å². The zero-order chi connectivity index (χ0) is 14.1.